The van der Waals surface area contributed by atoms with Gasteiger partial charge >= 0.3 is 0 Å². The maximum atomic E-state index is 12.6. The van der Waals surface area contributed by atoms with Gasteiger partial charge in [-0.2, -0.15) is 5.10 Å². The van der Waals surface area contributed by atoms with E-state index >= 15 is 0 Å². The fourth-order valence-electron chi connectivity index (χ4n) is 2.87. The minimum Gasteiger partial charge on any atom is -0.370 e. The Morgan fingerprint density at radius 3 is 2.89 bits per heavy atom. The summed E-state index contributed by atoms with van der Waals surface area (Å²) in [5, 5.41) is 10.7. The number of benzene rings is 1. The molecule has 0 bridgehead atoms. The highest BCUT2D eigenvalue weighted by atomic mass is 35.5. The van der Waals surface area contributed by atoms with Gasteiger partial charge in [0.25, 0.3) is 5.91 Å². The Labute approximate surface area is 168 Å². The standard InChI is InChI=1S/C18H23N5O2S.ClH/c19-17(24)8-11-26-16-6-2-1-5-14(16)21-18(25)15-7-10-23(22-15)13-4-3-9-20-12-13;/h1-2,5-7,10,13,20H,3-4,8-9,11-12H2,(H2,19,24)(H,21,25);1H. The van der Waals surface area contributed by atoms with E-state index < -0.39 is 0 Å². The molecule has 2 heterocycles. The van der Waals surface area contributed by atoms with Crippen LogP contribution in [-0.4, -0.2) is 40.4 Å². The molecule has 27 heavy (non-hydrogen) atoms. The Balaban J connectivity index is 0.00000261. The molecule has 0 saturated carbocycles. The van der Waals surface area contributed by atoms with Crippen molar-refractivity contribution in [2.45, 2.75) is 30.2 Å². The minimum absolute atomic E-state index is 0. The van der Waals surface area contributed by atoms with E-state index in [1.54, 1.807) is 6.07 Å². The summed E-state index contributed by atoms with van der Waals surface area (Å²) < 4.78 is 1.87. The zero-order chi connectivity index (χ0) is 18.4. The van der Waals surface area contributed by atoms with Gasteiger partial charge < -0.3 is 16.4 Å². The first-order valence-corrected chi connectivity index (χ1v) is 9.69. The van der Waals surface area contributed by atoms with Gasteiger partial charge in [-0.25, -0.2) is 0 Å². The van der Waals surface area contributed by atoms with E-state index in [9.17, 15) is 9.59 Å². The lowest BCUT2D eigenvalue weighted by Crippen LogP contribution is -2.32. The monoisotopic (exact) mass is 409 g/mol. The van der Waals surface area contributed by atoms with Gasteiger partial charge in [-0.15, -0.1) is 24.2 Å². The fraction of sp³-hybridized carbons (Fsp3) is 0.389. The van der Waals surface area contributed by atoms with E-state index in [0.717, 1.165) is 30.8 Å². The maximum absolute atomic E-state index is 12.6. The summed E-state index contributed by atoms with van der Waals surface area (Å²) >= 11 is 1.49. The second kappa shape index (κ2) is 10.3. The summed E-state index contributed by atoms with van der Waals surface area (Å²) in [4.78, 5) is 24.4. The predicted molar refractivity (Wildman–Crippen MR) is 110 cm³/mol. The number of anilines is 1. The SMILES string of the molecule is Cl.NC(=O)CCSc1ccccc1NC(=O)c1ccn(C2CCCNC2)n1. The van der Waals surface area contributed by atoms with Crippen LogP contribution in [0.5, 0.6) is 0 Å². The molecular weight excluding hydrogens is 386 g/mol. The van der Waals surface area contributed by atoms with Crippen molar-refractivity contribution < 1.29 is 9.59 Å². The number of piperidine rings is 1. The van der Waals surface area contributed by atoms with Crippen LogP contribution in [0.25, 0.3) is 0 Å². The highest BCUT2D eigenvalue weighted by Gasteiger charge is 2.18. The first kappa shape index (κ1) is 21.3. The average Bonchev–Trinajstić information content (AvgIpc) is 3.14. The molecule has 0 radical (unpaired) electrons. The molecule has 1 aromatic carbocycles. The van der Waals surface area contributed by atoms with Crippen molar-refractivity contribution in [1.82, 2.24) is 15.1 Å². The number of hydrogen-bond donors (Lipinski definition) is 3. The Kier molecular flexibility index (Phi) is 8.15. The van der Waals surface area contributed by atoms with Crippen molar-refractivity contribution in [3.05, 3.63) is 42.2 Å². The zero-order valence-electron chi connectivity index (χ0n) is 14.9. The van der Waals surface area contributed by atoms with Crippen LogP contribution in [0.4, 0.5) is 5.69 Å². The number of amides is 2. The third-order valence-corrected chi connectivity index (χ3v) is 5.30. The van der Waals surface area contributed by atoms with Crippen LogP contribution >= 0.6 is 24.2 Å². The van der Waals surface area contributed by atoms with Crippen LogP contribution in [0, 0.1) is 0 Å². The number of hydrogen-bond acceptors (Lipinski definition) is 5. The van der Waals surface area contributed by atoms with E-state index in [1.165, 1.54) is 11.8 Å². The topological polar surface area (TPSA) is 102 Å². The summed E-state index contributed by atoms with van der Waals surface area (Å²) in [6.45, 7) is 1.91. The van der Waals surface area contributed by atoms with Crippen molar-refractivity contribution in [2.75, 3.05) is 24.2 Å². The number of carbonyl (C=O) groups excluding carboxylic acids is 2. The lowest BCUT2D eigenvalue weighted by atomic mass is 10.1. The van der Waals surface area contributed by atoms with Crippen molar-refractivity contribution >= 4 is 41.7 Å². The molecule has 2 aromatic rings. The van der Waals surface area contributed by atoms with E-state index in [0.29, 0.717) is 29.6 Å². The third-order valence-electron chi connectivity index (χ3n) is 4.23. The van der Waals surface area contributed by atoms with Gasteiger partial charge in [0.2, 0.25) is 5.91 Å². The minimum atomic E-state index is -0.332. The van der Waals surface area contributed by atoms with Crippen LogP contribution in [-0.2, 0) is 4.79 Å². The Morgan fingerprint density at radius 1 is 1.33 bits per heavy atom. The number of primary amides is 1. The maximum Gasteiger partial charge on any atom is 0.276 e. The van der Waals surface area contributed by atoms with Crippen molar-refractivity contribution in [3.63, 3.8) is 0 Å². The molecule has 2 amide bonds. The van der Waals surface area contributed by atoms with Gasteiger partial charge in [0.1, 0.15) is 0 Å². The molecule has 1 atom stereocenters. The Bertz CT molecular complexity index is 777. The van der Waals surface area contributed by atoms with Gasteiger partial charge in [0, 0.05) is 29.8 Å². The molecule has 9 heteroatoms. The fourth-order valence-corrected chi connectivity index (χ4v) is 3.84. The molecule has 0 aliphatic carbocycles. The number of para-hydroxylation sites is 1. The smallest absolute Gasteiger partial charge is 0.276 e. The average molecular weight is 410 g/mol. The summed E-state index contributed by atoms with van der Waals surface area (Å²) in [5.41, 5.74) is 6.28. The van der Waals surface area contributed by atoms with Gasteiger partial charge in [-0.3, -0.25) is 14.3 Å². The highest BCUT2D eigenvalue weighted by molar-refractivity contribution is 7.99. The van der Waals surface area contributed by atoms with Gasteiger partial charge in [-0.05, 0) is 37.6 Å². The Morgan fingerprint density at radius 2 is 2.15 bits per heavy atom. The molecule has 4 N–H and O–H groups in total. The largest absolute Gasteiger partial charge is 0.370 e. The number of nitrogens with zero attached hydrogens (tertiary/aromatic N) is 2. The number of carbonyl (C=O) groups is 2. The van der Waals surface area contributed by atoms with E-state index in [-0.39, 0.29) is 24.2 Å². The lowest BCUT2D eigenvalue weighted by molar-refractivity contribution is -0.117. The number of rotatable bonds is 7. The summed E-state index contributed by atoms with van der Waals surface area (Å²) in [6, 6.07) is 9.54. The van der Waals surface area contributed by atoms with Crippen LogP contribution in [0.1, 0.15) is 35.8 Å². The number of nitrogens with two attached hydrogens (primary N) is 1. The lowest BCUT2D eigenvalue weighted by Gasteiger charge is -2.22. The molecule has 1 unspecified atom stereocenters. The number of halogens is 1. The summed E-state index contributed by atoms with van der Waals surface area (Å²) in [6.07, 6.45) is 4.34. The second-order valence-corrected chi connectivity index (χ2v) is 7.33. The molecular formula is C18H24ClN5O2S. The van der Waals surface area contributed by atoms with Gasteiger partial charge in [-0.1, -0.05) is 12.1 Å². The van der Waals surface area contributed by atoms with Crippen molar-refractivity contribution in [1.29, 1.82) is 0 Å². The van der Waals surface area contributed by atoms with Crippen LogP contribution < -0.4 is 16.4 Å². The van der Waals surface area contributed by atoms with E-state index in [4.69, 9.17) is 5.73 Å². The van der Waals surface area contributed by atoms with Crippen molar-refractivity contribution in [2.24, 2.45) is 5.73 Å². The Hall–Kier alpha value is -2.03. The van der Waals surface area contributed by atoms with Gasteiger partial charge in [0.15, 0.2) is 5.69 Å². The molecule has 1 aliphatic heterocycles. The van der Waals surface area contributed by atoms with Crippen LogP contribution in [0.15, 0.2) is 41.4 Å². The first-order chi connectivity index (χ1) is 12.6. The highest BCUT2D eigenvalue weighted by Crippen LogP contribution is 2.27. The first-order valence-electron chi connectivity index (χ1n) is 8.71. The molecule has 1 fully saturated rings. The van der Waals surface area contributed by atoms with E-state index in [1.807, 2.05) is 35.1 Å². The summed E-state index contributed by atoms with van der Waals surface area (Å²) in [5.74, 6) is 0.00291. The van der Waals surface area contributed by atoms with Gasteiger partial charge in [0.05, 0.1) is 11.7 Å². The number of thioether (sulfide) groups is 1. The molecule has 3 rings (SSSR count). The molecule has 7 nitrogen and oxygen atoms in total. The molecule has 1 saturated heterocycles. The molecule has 1 aliphatic rings. The predicted octanol–water partition coefficient (Wildman–Crippen LogP) is 2.45. The quantitative estimate of drug-likeness (QED) is 0.609. The number of nitrogens with one attached hydrogen (secondary N) is 2. The summed E-state index contributed by atoms with van der Waals surface area (Å²) in [7, 11) is 0. The normalized spacial score (nSPS) is 16.4. The zero-order valence-corrected chi connectivity index (χ0v) is 16.5. The van der Waals surface area contributed by atoms with Crippen LogP contribution in [0.2, 0.25) is 0 Å². The third kappa shape index (κ3) is 5.98. The van der Waals surface area contributed by atoms with E-state index in [2.05, 4.69) is 15.7 Å². The van der Waals surface area contributed by atoms with Crippen molar-refractivity contribution in [3.8, 4) is 0 Å². The number of aromatic nitrogens is 2. The second-order valence-electron chi connectivity index (χ2n) is 6.20. The molecule has 146 valence electrons. The van der Waals surface area contributed by atoms with Crippen LogP contribution in [0.3, 0.4) is 0 Å². The molecule has 1 aromatic heterocycles. The molecule has 0 spiro atoms.